The molecule has 2 aliphatic rings. The molecule has 0 spiro atoms. The van der Waals surface area contributed by atoms with E-state index in [-0.39, 0.29) is 19.1 Å². The number of urea groups is 1. The van der Waals surface area contributed by atoms with Gasteiger partial charge in [0.2, 0.25) is 0 Å². The molecule has 1 fully saturated rings. The number of carbonyl (C=O) groups excluding carboxylic acids is 3. The van der Waals surface area contributed by atoms with Gasteiger partial charge in [-0.1, -0.05) is 36.4 Å². The number of nitrogens with one attached hydrogen (secondary N) is 1. The highest BCUT2D eigenvalue weighted by Gasteiger charge is 2.36. The van der Waals surface area contributed by atoms with Crippen LogP contribution in [-0.2, 0) is 22.7 Å². The van der Waals surface area contributed by atoms with Gasteiger partial charge in [0.25, 0.3) is 11.8 Å². The van der Waals surface area contributed by atoms with Gasteiger partial charge in [0.1, 0.15) is 5.75 Å². The first-order chi connectivity index (χ1) is 16.4. The Balaban J connectivity index is 1.25. The van der Waals surface area contributed by atoms with E-state index in [1.54, 1.807) is 29.0 Å². The minimum atomic E-state index is -1.91. The molecule has 0 aliphatic carbocycles. The van der Waals surface area contributed by atoms with E-state index in [1.165, 1.54) is 4.90 Å². The van der Waals surface area contributed by atoms with E-state index in [4.69, 9.17) is 4.74 Å². The number of aliphatic hydroxyl groups excluding tert-OH is 2. The highest BCUT2D eigenvalue weighted by atomic mass is 16.5. The van der Waals surface area contributed by atoms with Crippen molar-refractivity contribution in [1.29, 1.82) is 0 Å². The molecule has 2 aliphatic heterocycles. The summed E-state index contributed by atoms with van der Waals surface area (Å²) >= 11 is 0. The van der Waals surface area contributed by atoms with Crippen LogP contribution in [0.2, 0.25) is 0 Å². The van der Waals surface area contributed by atoms with Gasteiger partial charge in [-0.2, -0.15) is 0 Å². The fourth-order valence-corrected chi connectivity index (χ4v) is 4.24. The second-order valence-electron chi connectivity index (χ2n) is 8.24. The molecule has 0 aromatic heterocycles. The molecule has 4 rings (SSSR count). The van der Waals surface area contributed by atoms with Crippen LogP contribution in [0.3, 0.4) is 0 Å². The summed E-state index contributed by atoms with van der Waals surface area (Å²) < 4.78 is 5.33. The van der Waals surface area contributed by atoms with Crippen LogP contribution in [0.4, 0.5) is 10.5 Å². The van der Waals surface area contributed by atoms with Crippen molar-refractivity contribution in [3.8, 4) is 5.75 Å². The molecular weight excluding hydrogens is 440 g/mol. The van der Waals surface area contributed by atoms with Gasteiger partial charge in [0.15, 0.2) is 12.2 Å². The molecule has 0 radical (unpaired) electrons. The fraction of sp³-hybridized carbons (Fsp3) is 0.375. The molecule has 2 aromatic rings. The van der Waals surface area contributed by atoms with Crippen LogP contribution in [0.5, 0.6) is 5.75 Å². The normalized spacial score (nSPS) is 16.9. The van der Waals surface area contributed by atoms with Crippen molar-refractivity contribution in [2.45, 2.75) is 25.3 Å². The highest BCUT2D eigenvalue weighted by molar-refractivity contribution is 5.95. The zero-order chi connectivity index (χ0) is 24.2. The molecule has 2 atom stereocenters. The van der Waals surface area contributed by atoms with Crippen molar-refractivity contribution in [2.24, 2.45) is 0 Å². The lowest BCUT2D eigenvalue weighted by Gasteiger charge is -2.23. The zero-order valence-corrected chi connectivity index (χ0v) is 18.9. The number of ether oxygens (including phenoxy) is 1. The Morgan fingerprint density at radius 2 is 1.65 bits per heavy atom. The molecule has 34 heavy (non-hydrogen) atoms. The maximum absolute atomic E-state index is 12.8. The Kier molecular flexibility index (Phi) is 6.99. The molecule has 4 amide bonds. The van der Waals surface area contributed by atoms with Crippen molar-refractivity contribution in [1.82, 2.24) is 15.1 Å². The van der Waals surface area contributed by atoms with Crippen molar-refractivity contribution in [3.05, 3.63) is 59.7 Å². The predicted octanol–water partition coefficient (Wildman–Crippen LogP) is 0.318. The molecule has 180 valence electrons. The Morgan fingerprint density at radius 3 is 2.32 bits per heavy atom. The number of fused-ring (bicyclic) bond motifs is 1. The minimum Gasteiger partial charge on any atom is -0.495 e. The largest absolute Gasteiger partial charge is 0.495 e. The average molecular weight is 469 g/mol. The number of benzene rings is 2. The van der Waals surface area contributed by atoms with Gasteiger partial charge in [-0.25, -0.2) is 4.79 Å². The maximum Gasteiger partial charge on any atom is 0.324 e. The van der Waals surface area contributed by atoms with Crippen LogP contribution >= 0.6 is 0 Å². The molecule has 2 heterocycles. The first kappa shape index (κ1) is 23.5. The van der Waals surface area contributed by atoms with Crippen molar-refractivity contribution in [2.75, 3.05) is 38.2 Å². The molecule has 0 unspecified atom stereocenters. The molecule has 0 bridgehead atoms. The van der Waals surface area contributed by atoms with Crippen LogP contribution in [0.1, 0.15) is 11.1 Å². The number of nitrogens with zero attached hydrogens (tertiary/aromatic N) is 3. The standard InChI is InChI=1S/C24H28N4O6/c1-34-19-9-5-4-8-18(19)28-13-12-26(24(28)33)11-10-25-22(31)20(29)21(30)23(32)27-14-16-6-2-3-7-17(16)15-27/h2-9,20-21,29-30H,10-15H2,1H3,(H,25,31)/t20-,21-/m1/s1. The summed E-state index contributed by atoms with van der Waals surface area (Å²) in [6.07, 6.45) is -3.78. The fourth-order valence-electron chi connectivity index (χ4n) is 4.24. The van der Waals surface area contributed by atoms with Crippen LogP contribution < -0.4 is 15.0 Å². The number of aliphatic hydroxyl groups is 2. The summed E-state index contributed by atoms with van der Waals surface area (Å²) in [6.45, 7) is 1.86. The van der Waals surface area contributed by atoms with E-state index in [2.05, 4.69) is 5.32 Å². The number of carbonyl (C=O) groups is 3. The highest BCUT2D eigenvalue weighted by Crippen LogP contribution is 2.30. The third-order valence-electron chi connectivity index (χ3n) is 6.13. The Morgan fingerprint density at radius 1 is 1.00 bits per heavy atom. The number of anilines is 1. The van der Waals surface area contributed by atoms with Gasteiger partial charge in [-0.05, 0) is 23.3 Å². The molecule has 3 N–H and O–H groups in total. The molecule has 2 aromatic carbocycles. The molecular formula is C24H28N4O6. The van der Waals surface area contributed by atoms with E-state index in [1.807, 2.05) is 36.4 Å². The van der Waals surface area contributed by atoms with Gasteiger partial charge in [-0.15, -0.1) is 0 Å². The van der Waals surface area contributed by atoms with Gasteiger partial charge >= 0.3 is 6.03 Å². The third kappa shape index (κ3) is 4.68. The van der Waals surface area contributed by atoms with Gasteiger partial charge in [-0.3, -0.25) is 14.5 Å². The summed E-state index contributed by atoms with van der Waals surface area (Å²) in [5.41, 5.74) is 2.61. The average Bonchev–Trinajstić information content (AvgIpc) is 3.46. The van der Waals surface area contributed by atoms with Crippen molar-refractivity contribution in [3.63, 3.8) is 0 Å². The first-order valence-corrected chi connectivity index (χ1v) is 11.1. The van der Waals surface area contributed by atoms with E-state index < -0.39 is 24.0 Å². The van der Waals surface area contributed by atoms with Crippen LogP contribution in [0.25, 0.3) is 0 Å². The van der Waals surface area contributed by atoms with E-state index in [0.717, 1.165) is 11.1 Å². The van der Waals surface area contributed by atoms with Crippen molar-refractivity contribution >= 4 is 23.5 Å². The van der Waals surface area contributed by atoms with Crippen LogP contribution in [-0.4, -0.2) is 83.4 Å². The molecule has 10 nitrogen and oxygen atoms in total. The quantitative estimate of drug-likeness (QED) is 0.513. The summed E-state index contributed by atoms with van der Waals surface area (Å²) in [6, 6.07) is 14.5. The number of methoxy groups -OCH3 is 1. The van der Waals surface area contributed by atoms with E-state index in [0.29, 0.717) is 37.6 Å². The minimum absolute atomic E-state index is 0.0669. The van der Waals surface area contributed by atoms with Crippen LogP contribution in [0, 0.1) is 0 Å². The summed E-state index contributed by atoms with van der Waals surface area (Å²) in [4.78, 5) is 42.2. The Labute approximate surface area is 197 Å². The Hall–Kier alpha value is -3.63. The number of hydrogen-bond donors (Lipinski definition) is 3. The maximum atomic E-state index is 12.8. The van der Waals surface area contributed by atoms with E-state index >= 15 is 0 Å². The molecule has 1 saturated heterocycles. The molecule has 0 saturated carbocycles. The first-order valence-electron chi connectivity index (χ1n) is 11.1. The number of para-hydroxylation sites is 2. The van der Waals surface area contributed by atoms with Crippen molar-refractivity contribution < 1.29 is 29.3 Å². The molecule has 10 heteroatoms. The predicted molar refractivity (Wildman–Crippen MR) is 123 cm³/mol. The summed E-state index contributed by atoms with van der Waals surface area (Å²) in [5, 5.41) is 23.0. The van der Waals surface area contributed by atoms with Gasteiger partial charge in [0, 0.05) is 39.3 Å². The second kappa shape index (κ2) is 10.1. The Bertz CT molecular complexity index is 1050. The lowest BCUT2D eigenvalue weighted by atomic mass is 10.1. The summed E-state index contributed by atoms with van der Waals surface area (Å²) in [5.74, 6) is -0.985. The van der Waals surface area contributed by atoms with Gasteiger partial charge in [0.05, 0.1) is 12.8 Å². The third-order valence-corrected chi connectivity index (χ3v) is 6.13. The van der Waals surface area contributed by atoms with Crippen LogP contribution in [0.15, 0.2) is 48.5 Å². The monoisotopic (exact) mass is 468 g/mol. The smallest absolute Gasteiger partial charge is 0.324 e. The lowest BCUT2D eigenvalue weighted by Crippen LogP contribution is -2.50. The van der Waals surface area contributed by atoms with Gasteiger partial charge < -0.3 is 30.1 Å². The zero-order valence-electron chi connectivity index (χ0n) is 18.9. The number of rotatable bonds is 8. The van der Waals surface area contributed by atoms with E-state index in [9.17, 15) is 24.6 Å². The SMILES string of the molecule is COc1ccccc1N1CCN(CCNC(=O)[C@H](O)[C@@H](O)C(=O)N2Cc3ccccc3C2)C1=O. The topological polar surface area (TPSA) is 123 Å². The second-order valence-corrected chi connectivity index (χ2v) is 8.24. The summed E-state index contributed by atoms with van der Waals surface area (Å²) in [7, 11) is 1.54. The number of hydrogen-bond acceptors (Lipinski definition) is 6. The number of amides is 4. The lowest BCUT2D eigenvalue weighted by molar-refractivity contribution is -0.153.